The second-order valence-electron chi connectivity index (χ2n) is 4.90. The maximum absolute atomic E-state index is 12.2. The number of carbonyl (C=O) groups is 1. The molecule has 1 saturated carbocycles. The molecule has 0 unspecified atom stereocenters. The molecule has 2 aliphatic rings. The van der Waals surface area contributed by atoms with Gasteiger partial charge in [0.1, 0.15) is 5.78 Å². The van der Waals surface area contributed by atoms with Gasteiger partial charge in [0.15, 0.2) is 0 Å². The van der Waals surface area contributed by atoms with E-state index < -0.39 is 0 Å². The van der Waals surface area contributed by atoms with E-state index in [4.69, 9.17) is 4.74 Å². The Balaban J connectivity index is 2.19. The number of halogens is 1. The fourth-order valence-corrected chi connectivity index (χ4v) is 3.74. The van der Waals surface area contributed by atoms with Gasteiger partial charge in [-0.2, -0.15) is 0 Å². The Labute approximate surface area is 111 Å². The van der Waals surface area contributed by atoms with Gasteiger partial charge in [-0.05, 0) is 32.1 Å². The first-order chi connectivity index (χ1) is 7.73. The number of Topliss-reactive ketones (excluding diaryl/α,β-unsaturated/α-hetero) is 1. The molecule has 16 heavy (non-hydrogen) atoms. The van der Waals surface area contributed by atoms with Crippen LogP contribution < -0.4 is 0 Å². The van der Waals surface area contributed by atoms with Gasteiger partial charge in [-0.15, -0.1) is 6.58 Å². The first-order valence-corrected chi connectivity index (χ1v) is 7.61. The lowest BCUT2D eigenvalue weighted by Crippen LogP contribution is -2.52. The van der Waals surface area contributed by atoms with Crippen molar-refractivity contribution in [3.8, 4) is 0 Å². The lowest BCUT2D eigenvalue weighted by molar-refractivity contribution is -0.164. The lowest BCUT2D eigenvalue weighted by Gasteiger charge is -2.47. The minimum atomic E-state index is -0.220. The molecular weight excluding hydrogens is 315 g/mol. The minimum Gasteiger partial charge on any atom is -0.373 e. The van der Waals surface area contributed by atoms with Gasteiger partial charge in [0.05, 0.1) is 17.6 Å². The van der Waals surface area contributed by atoms with Crippen LogP contribution in [0.5, 0.6) is 0 Å². The van der Waals surface area contributed by atoms with Crippen molar-refractivity contribution < 1.29 is 9.53 Å². The third-order valence-electron chi connectivity index (χ3n) is 3.99. The van der Waals surface area contributed by atoms with Crippen molar-refractivity contribution in [3.63, 3.8) is 0 Å². The van der Waals surface area contributed by atoms with Crippen molar-refractivity contribution in [1.29, 1.82) is 0 Å². The molecule has 1 aliphatic carbocycles. The average molecular weight is 334 g/mol. The van der Waals surface area contributed by atoms with E-state index in [1.54, 1.807) is 0 Å². The van der Waals surface area contributed by atoms with Gasteiger partial charge in [0.2, 0.25) is 0 Å². The molecular formula is C13H19IO2. The minimum absolute atomic E-state index is 0.153. The van der Waals surface area contributed by atoms with E-state index in [0.717, 1.165) is 43.0 Å². The summed E-state index contributed by atoms with van der Waals surface area (Å²) < 4.78 is 7.12. The highest BCUT2D eigenvalue weighted by Gasteiger charge is 2.50. The molecule has 1 saturated heterocycles. The van der Waals surface area contributed by atoms with Gasteiger partial charge >= 0.3 is 0 Å². The highest BCUT2D eigenvalue weighted by molar-refractivity contribution is 14.1. The fraction of sp³-hybridized carbons (Fsp3) is 0.769. The molecule has 90 valence electrons. The number of hydrogen-bond acceptors (Lipinski definition) is 2. The average Bonchev–Trinajstić information content (AvgIpc) is 2.30. The van der Waals surface area contributed by atoms with Gasteiger partial charge < -0.3 is 4.74 Å². The monoisotopic (exact) mass is 334 g/mol. The Morgan fingerprint density at radius 3 is 3.06 bits per heavy atom. The van der Waals surface area contributed by atoms with Gasteiger partial charge in [0.25, 0.3) is 0 Å². The van der Waals surface area contributed by atoms with Crippen molar-refractivity contribution in [3.05, 3.63) is 12.7 Å². The Kier molecular flexibility index (Phi) is 4.06. The zero-order chi connectivity index (χ0) is 11.6. The first-order valence-electron chi connectivity index (χ1n) is 6.08. The molecule has 3 atom stereocenters. The van der Waals surface area contributed by atoms with Crippen molar-refractivity contribution in [1.82, 2.24) is 0 Å². The number of rotatable bonds is 3. The molecule has 0 radical (unpaired) electrons. The molecule has 0 amide bonds. The number of carbonyl (C=O) groups excluding carboxylic acids is 1. The molecule has 0 aromatic heterocycles. The van der Waals surface area contributed by atoms with Crippen molar-refractivity contribution >= 4 is 28.4 Å². The summed E-state index contributed by atoms with van der Waals surface area (Å²) in [6.07, 6.45) is 8.00. The number of ketones is 1. The first kappa shape index (κ1) is 12.6. The summed E-state index contributed by atoms with van der Waals surface area (Å²) in [6, 6.07) is 0. The smallest absolute Gasteiger partial charge is 0.141 e. The predicted octanol–water partition coefficient (Wildman–Crippen LogP) is 3.28. The second-order valence-corrected chi connectivity index (χ2v) is 5.78. The van der Waals surface area contributed by atoms with Crippen LogP contribution in [0.25, 0.3) is 0 Å². The Hall–Kier alpha value is 0.100. The van der Waals surface area contributed by atoms with Gasteiger partial charge in [-0.1, -0.05) is 28.7 Å². The van der Waals surface area contributed by atoms with Crippen LogP contribution in [0.4, 0.5) is 0 Å². The molecule has 1 heterocycles. The van der Waals surface area contributed by atoms with Crippen molar-refractivity contribution in [2.75, 3.05) is 4.43 Å². The quantitative estimate of drug-likeness (QED) is 0.450. The summed E-state index contributed by atoms with van der Waals surface area (Å²) in [5.74, 6) is 0.413. The lowest BCUT2D eigenvalue weighted by atomic mass is 9.64. The van der Waals surface area contributed by atoms with E-state index in [1.165, 1.54) is 0 Å². The highest BCUT2D eigenvalue weighted by Crippen LogP contribution is 2.46. The molecule has 2 fully saturated rings. The van der Waals surface area contributed by atoms with Crippen LogP contribution in [0.2, 0.25) is 0 Å². The number of fused-ring (bicyclic) bond motifs is 1. The third-order valence-corrected chi connectivity index (χ3v) is 4.97. The van der Waals surface area contributed by atoms with Crippen LogP contribution in [0, 0.1) is 5.41 Å². The van der Waals surface area contributed by atoms with Crippen LogP contribution in [-0.2, 0) is 9.53 Å². The number of allylic oxidation sites excluding steroid dienone is 1. The topological polar surface area (TPSA) is 26.3 Å². The third kappa shape index (κ3) is 2.08. The maximum Gasteiger partial charge on any atom is 0.141 e. The van der Waals surface area contributed by atoms with Crippen LogP contribution in [0.15, 0.2) is 12.7 Å². The van der Waals surface area contributed by atoms with E-state index in [9.17, 15) is 4.79 Å². The molecule has 2 rings (SSSR count). The number of alkyl halides is 1. The molecule has 0 bridgehead atoms. The van der Waals surface area contributed by atoms with Crippen molar-refractivity contribution in [2.45, 2.75) is 50.7 Å². The molecule has 0 N–H and O–H groups in total. The summed E-state index contributed by atoms with van der Waals surface area (Å²) in [7, 11) is 0. The zero-order valence-electron chi connectivity index (χ0n) is 9.58. The van der Waals surface area contributed by atoms with E-state index in [-0.39, 0.29) is 11.5 Å². The largest absolute Gasteiger partial charge is 0.373 e. The molecule has 0 spiro atoms. The maximum atomic E-state index is 12.2. The summed E-state index contributed by atoms with van der Waals surface area (Å²) in [4.78, 5) is 12.2. The van der Waals surface area contributed by atoms with E-state index in [2.05, 4.69) is 29.2 Å². The van der Waals surface area contributed by atoms with Crippen LogP contribution in [0.3, 0.4) is 0 Å². The van der Waals surface area contributed by atoms with E-state index >= 15 is 0 Å². The van der Waals surface area contributed by atoms with Gasteiger partial charge in [-0.3, -0.25) is 4.79 Å². The van der Waals surface area contributed by atoms with Crippen LogP contribution in [-0.4, -0.2) is 22.4 Å². The normalized spacial score (nSPS) is 39.2. The SMILES string of the molecule is C=CC[C@]12CC[C@@H](CI)O[C@H]1CCCC2=O. The molecule has 2 nitrogen and oxygen atoms in total. The van der Waals surface area contributed by atoms with Crippen molar-refractivity contribution in [2.24, 2.45) is 5.41 Å². The molecule has 0 aromatic rings. The molecule has 0 aromatic carbocycles. The van der Waals surface area contributed by atoms with Gasteiger partial charge in [-0.25, -0.2) is 0 Å². The summed E-state index contributed by atoms with van der Waals surface area (Å²) in [6.45, 7) is 3.80. The Bertz CT molecular complexity index is 290. The molecule has 3 heteroatoms. The van der Waals surface area contributed by atoms with E-state index in [0.29, 0.717) is 11.9 Å². The van der Waals surface area contributed by atoms with Gasteiger partial charge in [0, 0.05) is 10.8 Å². The summed E-state index contributed by atoms with van der Waals surface area (Å²) in [5.41, 5.74) is -0.220. The Morgan fingerprint density at radius 1 is 1.56 bits per heavy atom. The number of ether oxygens (including phenoxy) is 1. The molecule has 1 aliphatic heterocycles. The predicted molar refractivity (Wildman–Crippen MR) is 72.9 cm³/mol. The van der Waals surface area contributed by atoms with Crippen LogP contribution in [0.1, 0.15) is 38.5 Å². The second kappa shape index (κ2) is 5.17. The zero-order valence-corrected chi connectivity index (χ0v) is 11.7. The fourth-order valence-electron chi connectivity index (χ4n) is 3.09. The summed E-state index contributed by atoms with van der Waals surface area (Å²) >= 11 is 2.37. The van der Waals surface area contributed by atoms with Crippen LogP contribution >= 0.6 is 22.6 Å². The highest BCUT2D eigenvalue weighted by atomic mass is 127. The number of hydrogen-bond donors (Lipinski definition) is 0. The van der Waals surface area contributed by atoms with E-state index in [1.807, 2.05) is 6.08 Å². The summed E-state index contributed by atoms with van der Waals surface area (Å²) in [5, 5.41) is 0. The standard InChI is InChI=1S/C13H19IO2/c1-2-7-13-8-6-10(9-14)16-12(13)5-3-4-11(13)15/h2,10,12H,1,3-9H2/t10-,12-,13+/m0/s1. The Morgan fingerprint density at radius 2 is 2.38 bits per heavy atom.